The Morgan fingerprint density at radius 1 is 1.31 bits per heavy atom. The normalized spacial score (nSPS) is 16.6. The summed E-state index contributed by atoms with van der Waals surface area (Å²) in [6.45, 7) is 8.86. The van der Waals surface area contributed by atoms with Gasteiger partial charge in [-0.15, -0.1) is 0 Å². The molecule has 0 aliphatic heterocycles. The number of amides is 1. The van der Waals surface area contributed by atoms with E-state index in [4.69, 9.17) is 5.73 Å². The zero-order chi connectivity index (χ0) is 12.7. The first kappa shape index (κ1) is 15.6. The van der Waals surface area contributed by atoms with Gasteiger partial charge in [0.2, 0.25) is 5.91 Å². The number of nitrogens with zero attached hydrogens (tertiary/aromatic N) is 1. The lowest BCUT2D eigenvalue weighted by atomic mass is 10.3. The second-order valence-corrected chi connectivity index (χ2v) is 5.67. The Morgan fingerprint density at radius 3 is 2.19 bits per heavy atom. The fourth-order valence-electron chi connectivity index (χ4n) is 1.38. The minimum Gasteiger partial charge on any atom is -0.342 e. The largest absolute Gasteiger partial charge is 0.342 e. The molecule has 0 aromatic rings. The summed E-state index contributed by atoms with van der Waals surface area (Å²) in [6.07, 6.45) is 0.790. The topological polar surface area (TPSA) is 63.4 Å². The van der Waals surface area contributed by atoms with Crippen LogP contribution >= 0.6 is 0 Å². The van der Waals surface area contributed by atoms with E-state index in [0.29, 0.717) is 18.8 Å². The summed E-state index contributed by atoms with van der Waals surface area (Å²) in [7, 11) is -1.16. The minimum absolute atomic E-state index is 0.0355. The first-order valence-corrected chi connectivity index (χ1v) is 7.27. The minimum atomic E-state index is -1.16. The molecular weight excluding hydrogens is 224 g/mol. The van der Waals surface area contributed by atoms with Crippen molar-refractivity contribution in [3.05, 3.63) is 0 Å². The van der Waals surface area contributed by atoms with Crippen LogP contribution in [0, 0.1) is 0 Å². The molecule has 0 radical (unpaired) electrons. The monoisotopic (exact) mass is 248 g/mol. The van der Waals surface area contributed by atoms with Gasteiger partial charge in [-0.2, -0.15) is 0 Å². The van der Waals surface area contributed by atoms with Gasteiger partial charge >= 0.3 is 0 Å². The summed E-state index contributed by atoms with van der Waals surface area (Å²) in [5.74, 6) is 0.372. The molecule has 0 saturated heterocycles. The zero-order valence-corrected chi connectivity index (χ0v) is 11.5. The molecule has 4 nitrogen and oxygen atoms in total. The van der Waals surface area contributed by atoms with Gasteiger partial charge in [-0.3, -0.25) is 9.00 Å². The summed E-state index contributed by atoms with van der Waals surface area (Å²) in [5.41, 5.74) is 5.73. The third-order valence-corrected chi connectivity index (χ3v) is 4.47. The van der Waals surface area contributed by atoms with Crippen molar-refractivity contribution in [2.24, 2.45) is 5.73 Å². The van der Waals surface area contributed by atoms with Gasteiger partial charge in [-0.25, -0.2) is 0 Å². The molecule has 1 amide bonds. The zero-order valence-electron chi connectivity index (χ0n) is 10.7. The van der Waals surface area contributed by atoms with Gasteiger partial charge in [-0.1, -0.05) is 6.92 Å². The fraction of sp³-hybridized carbons (Fsp3) is 0.909. The van der Waals surface area contributed by atoms with E-state index in [1.807, 2.05) is 20.8 Å². The lowest BCUT2D eigenvalue weighted by Crippen LogP contribution is -2.41. The highest BCUT2D eigenvalue weighted by atomic mass is 32.2. The summed E-state index contributed by atoms with van der Waals surface area (Å²) in [6, 6.07) is -0.0761. The molecule has 0 spiro atoms. The molecule has 3 unspecified atom stereocenters. The van der Waals surface area contributed by atoms with Crippen LogP contribution in [0.25, 0.3) is 0 Å². The number of hydrogen-bond acceptors (Lipinski definition) is 3. The van der Waals surface area contributed by atoms with Crippen molar-refractivity contribution in [2.45, 2.75) is 45.4 Å². The van der Waals surface area contributed by atoms with Crippen molar-refractivity contribution in [1.82, 2.24) is 4.90 Å². The van der Waals surface area contributed by atoms with Crippen LogP contribution < -0.4 is 5.73 Å². The standard InChI is InChI=1S/C11H24N2O2S/c1-5-10(12)8-16(15)9(4)11(14)13(6-2)7-3/h9-10H,5-8,12H2,1-4H3. The van der Waals surface area contributed by atoms with Gasteiger partial charge in [0.05, 0.1) is 0 Å². The van der Waals surface area contributed by atoms with Crippen molar-refractivity contribution >= 4 is 16.7 Å². The molecule has 0 rings (SSSR count). The molecule has 96 valence electrons. The molecule has 0 aromatic carbocycles. The molecule has 0 aliphatic carbocycles. The second-order valence-electron chi connectivity index (χ2n) is 3.87. The average molecular weight is 248 g/mol. The summed E-state index contributed by atoms with van der Waals surface area (Å²) >= 11 is 0. The molecule has 0 saturated carbocycles. The molecule has 0 aliphatic rings. The highest BCUT2D eigenvalue weighted by Gasteiger charge is 2.24. The molecule has 3 atom stereocenters. The van der Waals surface area contributed by atoms with Gasteiger partial charge in [0, 0.05) is 35.7 Å². The van der Waals surface area contributed by atoms with E-state index < -0.39 is 16.0 Å². The van der Waals surface area contributed by atoms with Gasteiger partial charge in [0.1, 0.15) is 5.25 Å². The predicted molar refractivity (Wildman–Crippen MR) is 68.7 cm³/mol. The molecule has 0 aromatic heterocycles. The molecule has 0 fully saturated rings. The van der Waals surface area contributed by atoms with E-state index in [1.165, 1.54) is 0 Å². The van der Waals surface area contributed by atoms with E-state index in [0.717, 1.165) is 6.42 Å². The third kappa shape index (κ3) is 4.61. The van der Waals surface area contributed by atoms with Gasteiger partial charge < -0.3 is 10.6 Å². The van der Waals surface area contributed by atoms with Gasteiger partial charge in [0.25, 0.3) is 0 Å². The highest BCUT2D eigenvalue weighted by Crippen LogP contribution is 2.04. The summed E-state index contributed by atoms with van der Waals surface area (Å²) in [5, 5.41) is -0.447. The maximum Gasteiger partial charge on any atom is 0.238 e. The van der Waals surface area contributed by atoms with Crippen LogP contribution in [0.15, 0.2) is 0 Å². The van der Waals surface area contributed by atoms with Crippen LogP contribution in [-0.4, -0.2) is 45.2 Å². The lowest BCUT2D eigenvalue weighted by Gasteiger charge is -2.23. The fourth-order valence-corrected chi connectivity index (χ4v) is 2.70. The van der Waals surface area contributed by atoms with Crippen LogP contribution in [0.2, 0.25) is 0 Å². The Hall–Kier alpha value is -0.420. The van der Waals surface area contributed by atoms with Gasteiger partial charge in [-0.05, 0) is 27.2 Å². The van der Waals surface area contributed by atoms with E-state index in [9.17, 15) is 9.00 Å². The number of carbonyl (C=O) groups is 1. The maximum atomic E-state index is 11.9. The van der Waals surface area contributed by atoms with E-state index in [1.54, 1.807) is 11.8 Å². The number of nitrogens with two attached hydrogens (primary N) is 1. The second kappa shape index (κ2) is 7.79. The SMILES string of the molecule is CCC(N)CS(=O)C(C)C(=O)N(CC)CC. The molecule has 5 heteroatoms. The summed E-state index contributed by atoms with van der Waals surface area (Å²) in [4.78, 5) is 13.6. The average Bonchev–Trinajstić information content (AvgIpc) is 2.29. The van der Waals surface area contributed by atoms with Crippen LogP contribution in [0.4, 0.5) is 0 Å². The molecular formula is C11H24N2O2S. The molecule has 0 heterocycles. The Labute approximate surface area is 101 Å². The number of hydrogen-bond donors (Lipinski definition) is 1. The Bertz CT molecular complexity index is 242. The van der Waals surface area contributed by atoms with Crippen molar-refractivity contribution in [3.63, 3.8) is 0 Å². The Balaban J connectivity index is 4.37. The van der Waals surface area contributed by atoms with E-state index in [-0.39, 0.29) is 11.9 Å². The first-order valence-electron chi connectivity index (χ1n) is 5.89. The third-order valence-electron chi connectivity index (χ3n) is 2.72. The number of rotatable bonds is 7. The number of carbonyl (C=O) groups excluding carboxylic acids is 1. The lowest BCUT2D eigenvalue weighted by molar-refractivity contribution is -0.129. The van der Waals surface area contributed by atoms with Crippen molar-refractivity contribution in [1.29, 1.82) is 0 Å². The van der Waals surface area contributed by atoms with Crippen molar-refractivity contribution in [2.75, 3.05) is 18.8 Å². The quantitative estimate of drug-likeness (QED) is 0.722. The van der Waals surface area contributed by atoms with Crippen LogP contribution in [0.3, 0.4) is 0 Å². The van der Waals surface area contributed by atoms with Gasteiger partial charge in [0.15, 0.2) is 0 Å². The smallest absolute Gasteiger partial charge is 0.238 e. The molecule has 16 heavy (non-hydrogen) atoms. The first-order chi connectivity index (χ1) is 7.47. The van der Waals surface area contributed by atoms with Crippen LogP contribution in [0.5, 0.6) is 0 Å². The van der Waals surface area contributed by atoms with Crippen molar-refractivity contribution in [3.8, 4) is 0 Å². The Kier molecular flexibility index (Phi) is 7.58. The van der Waals surface area contributed by atoms with Crippen molar-refractivity contribution < 1.29 is 9.00 Å². The molecule has 0 bridgehead atoms. The highest BCUT2D eigenvalue weighted by molar-refractivity contribution is 7.86. The molecule has 2 N–H and O–H groups in total. The van der Waals surface area contributed by atoms with E-state index in [2.05, 4.69) is 0 Å². The van der Waals surface area contributed by atoms with Crippen LogP contribution in [0.1, 0.15) is 34.1 Å². The maximum absolute atomic E-state index is 11.9. The summed E-state index contributed by atoms with van der Waals surface area (Å²) < 4.78 is 11.9. The van der Waals surface area contributed by atoms with Crippen LogP contribution in [-0.2, 0) is 15.6 Å². The van der Waals surface area contributed by atoms with E-state index >= 15 is 0 Å². The predicted octanol–water partition coefficient (Wildman–Crippen LogP) is 0.729. The Morgan fingerprint density at radius 2 is 1.81 bits per heavy atom.